The molecule has 1 rings (SSSR count). The number of hydrogen-bond acceptors (Lipinski definition) is 0. The maximum Gasteiger partial charge on any atom is -0.0248 e. The molecule has 96 valence electrons. The van der Waals surface area contributed by atoms with Crippen molar-refractivity contribution >= 4 is 0 Å². The fraction of sp³-hybridized carbons (Fsp3) is 1.00. The molecule has 0 bridgehead atoms. The van der Waals surface area contributed by atoms with Gasteiger partial charge in [0, 0.05) is 0 Å². The molecular formula is C16H32. The van der Waals surface area contributed by atoms with Gasteiger partial charge >= 0.3 is 0 Å². The smallest absolute Gasteiger partial charge is 0.0248 e. The van der Waals surface area contributed by atoms with Gasteiger partial charge in [0.15, 0.2) is 0 Å². The fourth-order valence-electron chi connectivity index (χ4n) is 2.82. The van der Waals surface area contributed by atoms with Crippen LogP contribution in [0.3, 0.4) is 0 Å². The first-order chi connectivity index (χ1) is 7.16. The Morgan fingerprint density at radius 1 is 0.812 bits per heavy atom. The third-order valence-electron chi connectivity index (χ3n) is 4.53. The van der Waals surface area contributed by atoms with Crippen molar-refractivity contribution in [1.29, 1.82) is 0 Å². The summed E-state index contributed by atoms with van der Waals surface area (Å²) in [5.41, 5.74) is 1.78. The highest BCUT2D eigenvalue weighted by Crippen LogP contribution is 2.61. The zero-order valence-electron chi connectivity index (χ0n) is 12.4. The molecule has 0 nitrogen and oxygen atoms in total. The summed E-state index contributed by atoms with van der Waals surface area (Å²) >= 11 is 0. The van der Waals surface area contributed by atoms with Gasteiger partial charge in [0.2, 0.25) is 0 Å². The molecule has 16 heavy (non-hydrogen) atoms. The molecule has 1 fully saturated rings. The van der Waals surface area contributed by atoms with Gasteiger partial charge in [-0.3, -0.25) is 0 Å². The molecule has 0 unspecified atom stereocenters. The van der Waals surface area contributed by atoms with Crippen LogP contribution in [0.2, 0.25) is 0 Å². The summed E-state index contributed by atoms with van der Waals surface area (Å²) in [4.78, 5) is 0. The van der Waals surface area contributed by atoms with E-state index in [1.54, 1.807) is 0 Å². The first kappa shape index (κ1) is 14.1. The Labute approximate surface area is 103 Å². The second-order valence-electron chi connectivity index (χ2n) is 8.15. The summed E-state index contributed by atoms with van der Waals surface area (Å²) in [6.45, 7) is 14.3. The van der Waals surface area contributed by atoms with Crippen molar-refractivity contribution in [1.82, 2.24) is 0 Å². The van der Waals surface area contributed by atoms with Gasteiger partial charge in [-0.1, -0.05) is 60.8 Å². The van der Waals surface area contributed by atoms with Crippen LogP contribution in [0.25, 0.3) is 0 Å². The molecule has 0 heteroatoms. The molecule has 0 radical (unpaired) electrons. The summed E-state index contributed by atoms with van der Waals surface area (Å²) in [7, 11) is 0. The quantitative estimate of drug-likeness (QED) is 0.517. The van der Waals surface area contributed by atoms with E-state index >= 15 is 0 Å². The number of unbranched alkanes of at least 4 members (excludes halogenated alkanes) is 2. The molecule has 0 aliphatic heterocycles. The fourth-order valence-corrected chi connectivity index (χ4v) is 2.82. The topological polar surface area (TPSA) is 0 Å². The minimum absolute atomic E-state index is 0.529. The molecule has 1 aliphatic rings. The van der Waals surface area contributed by atoms with Gasteiger partial charge in [-0.2, -0.15) is 0 Å². The van der Waals surface area contributed by atoms with E-state index < -0.39 is 0 Å². The van der Waals surface area contributed by atoms with E-state index in [0.29, 0.717) is 16.2 Å². The first-order valence-electron chi connectivity index (χ1n) is 7.16. The van der Waals surface area contributed by atoms with E-state index in [4.69, 9.17) is 0 Å². The normalized spacial score (nSPS) is 19.9. The van der Waals surface area contributed by atoms with Crippen molar-refractivity contribution in [3.63, 3.8) is 0 Å². The summed E-state index contributed by atoms with van der Waals surface area (Å²) in [6, 6.07) is 0. The Hall–Kier alpha value is 0. The highest BCUT2D eigenvalue weighted by Gasteiger charge is 2.50. The first-order valence-corrected chi connectivity index (χ1v) is 7.16. The number of hydrogen-bond donors (Lipinski definition) is 0. The van der Waals surface area contributed by atoms with Gasteiger partial charge in [-0.15, -0.1) is 0 Å². The predicted octanol–water partition coefficient (Wildman–Crippen LogP) is 5.81. The van der Waals surface area contributed by atoms with Crippen LogP contribution in [-0.2, 0) is 0 Å². The lowest BCUT2D eigenvalue weighted by molar-refractivity contribution is 0.192. The van der Waals surface area contributed by atoms with Crippen molar-refractivity contribution in [3.8, 4) is 0 Å². The van der Waals surface area contributed by atoms with Crippen LogP contribution in [0.1, 0.15) is 86.5 Å². The zero-order chi connectivity index (χ0) is 12.4. The van der Waals surface area contributed by atoms with E-state index in [0.717, 1.165) is 0 Å². The van der Waals surface area contributed by atoms with Gasteiger partial charge < -0.3 is 0 Å². The summed E-state index contributed by atoms with van der Waals surface area (Å²) in [6.07, 6.45) is 10.1. The minimum Gasteiger partial charge on any atom is -0.0602 e. The lowest BCUT2D eigenvalue weighted by atomic mass is 9.74. The van der Waals surface area contributed by atoms with E-state index in [2.05, 4.69) is 41.5 Å². The van der Waals surface area contributed by atoms with Crippen molar-refractivity contribution in [2.24, 2.45) is 16.2 Å². The van der Waals surface area contributed by atoms with Crippen LogP contribution in [0, 0.1) is 16.2 Å². The lowest BCUT2D eigenvalue weighted by Gasteiger charge is -2.31. The van der Waals surface area contributed by atoms with Crippen molar-refractivity contribution < 1.29 is 0 Å². The van der Waals surface area contributed by atoms with Crippen molar-refractivity contribution in [2.75, 3.05) is 0 Å². The zero-order valence-corrected chi connectivity index (χ0v) is 12.4. The molecule has 0 amide bonds. The van der Waals surface area contributed by atoms with Crippen LogP contribution in [-0.4, -0.2) is 0 Å². The maximum atomic E-state index is 2.43. The van der Waals surface area contributed by atoms with Gasteiger partial charge in [-0.25, -0.2) is 0 Å². The molecule has 0 heterocycles. The maximum absolute atomic E-state index is 2.43. The Balaban J connectivity index is 2.13. The average Bonchev–Trinajstić information content (AvgIpc) is 2.81. The van der Waals surface area contributed by atoms with E-state index in [9.17, 15) is 0 Å². The summed E-state index contributed by atoms with van der Waals surface area (Å²) < 4.78 is 0. The Kier molecular flexibility index (Phi) is 4.13. The van der Waals surface area contributed by atoms with E-state index in [1.165, 1.54) is 44.9 Å². The average molecular weight is 224 g/mol. The van der Waals surface area contributed by atoms with Crippen LogP contribution < -0.4 is 0 Å². The standard InChI is InChI=1S/C16H32/c1-14(2,3)10-8-7-9-11-16(12-13-16)15(4,5)6/h7-13H2,1-6H3. The lowest BCUT2D eigenvalue weighted by Crippen LogP contribution is -2.21. The molecule has 1 saturated carbocycles. The Morgan fingerprint density at radius 3 is 1.75 bits per heavy atom. The van der Waals surface area contributed by atoms with Gasteiger partial charge in [-0.05, 0) is 41.9 Å². The highest BCUT2D eigenvalue weighted by molar-refractivity contribution is 5.01. The van der Waals surface area contributed by atoms with Gasteiger partial charge in [0.1, 0.15) is 0 Å². The minimum atomic E-state index is 0.529. The largest absolute Gasteiger partial charge is 0.0602 e. The van der Waals surface area contributed by atoms with Crippen LogP contribution in [0.5, 0.6) is 0 Å². The Morgan fingerprint density at radius 2 is 1.38 bits per heavy atom. The van der Waals surface area contributed by atoms with E-state index in [1.807, 2.05) is 0 Å². The van der Waals surface area contributed by atoms with Crippen molar-refractivity contribution in [2.45, 2.75) is 86.5 Å². The molecule has 0 aromatic carbocycles. The third-order valence-corrected chi connectivity index (χ3v) is 4.53. The SMILES string of the molecule is CC(C)(C)CCCCCC1(C(C)(C)C)CC1. The molecule has 0 N–H and O–H groups in total. The molecule has 0 aromatic rings. The second kappa shape index (κ2) is 4.70. The molecular weight excluding hydrogens is 192 g/mol. The predicted molar refractivity (Wildman–Crippen MR) is 73.7 cm³/mol. The summed E-state index contributed by atoms with van der Waals surface area (Å²) in [5.74, 6) is 0. The van der Waals surface area contributed by atoms with Gasteiger partial charge in [0.05, 0.1) is 0 Å². The van der Waals surface area contributed by atoms with Crippen LogP contribution in [0.4, 0.5) is 0 Å². The summed E-state index contributed by atoms with van der Waals surface area (Å²) in [5, 5.41) is 0. The Bertz CT molecular complexity index is 207. The second-order valence-corrected chi connectivity index (χ2v) is 8.15. The monoisotopic (exact) mass is 224 g/mol. The van der Waals surface area contributed by atoms with Crippen LogP contribution >= 0.6 is 0 Å². The molecule has 0 saturated heterocycles. The molecule has 1 aliphatic carbocycles. The van der Waals surface area contributed by atoms with Crippen molar-refractivity contribution in [3.05, 3.63) is 0 Å². The number of rotatable bonds is 5. The molecule has 0 atom stereocenters. The molecule has 0 aromatic heterocycles. The highest BCUT2D eigenvalue weighted by atomic mass is 14.5. The van der Waals surface area contributed by atoms with Gasteiger partial charge in [0.25, 0.3) is 0 Å². The van der Waals surface area contributed by atoms with E-state index in [-0.39, 0.29) is 0 Å². The third kappa shape index (κ3) is 4.11. The van der Waals surface area contributed by atoms with Crippen LogP contribution in [0.15, 0.2) is 0 Å². The molecule has 0 spiro atoms.